The summed E-state index contributed by atoms with van der Waals surface area (Å²) >= 11 is 6.49. The standard InChI is InChI=1S/C26H26ClN5O2/c27-24-16-29-26(31-25(24)23-13-10-18-4-1-2-7-22(18)23)30-20-6-3-5-19(14-20)28-15-17-8-11-21(12-9-17)32(33)34/h1-2,4,7-9,11-13,16,19-20,28H,3,5-6,10,14-15H2,(H,29,30,31)/t19-,20+/m0/s1. The number of non-ortho nitro benzene ring substituents is 1. The van der Waals surface area contributed by atoms with Gasteiger partial charge in [0.15, 0.2) is 0 Å². The maximum absolute atomic E-state index is 10.8. The molecule has 3 aromatic rings. The molecule has 1 heterocycles. The van der Waals surface area contributed by atoms with Gasteiger partial charge in [-0.3, -0.25) is 10.1 Å². The Morgan fingerprint density at radius 3 is 2.71 bits per heavy atom. The van der Waals surface area contributed by atoms with E-state index in [1.54, 1.807) is 18.3 Å². The molecule has 0 radical (unpaired) electrons. The zero-order valence-electron chi connectivity index (χ0n) is 18.7. The quantitative estimate of drug-likeness (QED) is 0.344. The van der Waals surface area contributed by atoms with Crippen molar-refractivity contribution in [2.45, 2.75) is 50.7 Å². The molecule has 2 aliphatic rings. The van der Waals surface area contributed by atoms with Crippen molar-refractivity contribution in [1.82, 2.24) is 15.3 Å². The number of benzene rings is 2. The first-order valence-electron chi connectivity index (χ1n) is 11.6. The van der Waals surface area contributed by atoms with E-state index in [9.17, 15) is 10.1 Å². The lowest BCUT2D eigenvalue weighted by atomic mass is 9.91. The summed E-state index contributed by atoms with van der Waals surface area (Å²) in [6.45, 7) is 0.685. The monoisotopic (exact) mass is 475 g/mol. The predicted octanol–water partition coefficient (Wildman–Crippen LogP) is 5.54. The average Bonchev–Trinajstić information content (AvgIpc) is 3.28. The topological polar surface area (TPSA) is 93.0 Å². The fourth-order valence-electron chi connectivity index (χ4n) is 4.82. The number of hydrogen-bond acceptors (Lipinski definition) is 6. The van der Waals surface area contributed by atoms with Crippen LogP contribution in [0.15, 0.2) is 60.8 Å². The summed E-state index contributed by atoms with van der Waals surface area (Å²) in [6, 6.07) is 15.7. The van der Waals surface area contributed by atoms with Gasteiger partial charge in [-0.05, 0) is 48.8 Å². The van der Waals surface area contributed by atoms with Gasteiger partial charge in [-0.2, -0.15) is 0 Å². The molecule has 2 atom stereocenters. The summed E-state index contributed by atoms with van der Waals surface area (Å²) in [7, 11) is 0. The molecule has 2 N–H and O–H groups in total. The summed E-state index contributed by atoms with van der Waals surface area (Å²) in [5, 5.41) is 18.5. The SMILES string of the molecule is O=[N+]([O-])c1ccc(CN[C@H]2CCC[C@@H](Nc3ncc(Cl)c(C4=CCc5ccccc54)n3)C2)cc1. The van der Waals surface area contributed by atoms with E-state index < -0.39 is 0 Å². The number of halogens is 1. The number of aromatic nitrogens is 2. The van der Waals surface area contributed by atoms with E-state index in [1.807, 2.05) is 18.2 Å². The van der Waals surface area contributed by atoms with Gasteiger partial charge in [0.1, 0.15) is 0 Å². The van der Waals surface area contributed by atoms with Crippen LogP contribution in [-0.2, 0) is 13.0 Å². The lowest BCUT2D eigenvalue weighted by molar-refractivity contribution is -0.384. The molecular weight excluding hydrogens is 450 g/mol. The van der Waals surface area contributed by atoms with E-state index in [-0.39, 0.29) is 16.7 Å². The first-order chi connectivity index (χ1) is 16.6. The second-order valence-corrected chi connectivity index (χ2v) is 9.29. The molecule has 2 aliphatic carbocycles. The molecular formula is C26H26ClN5O2. The molecule has 0 aliphatic heterocycles. The van der Waals surface area contributed by atoms with E-state index in [2.05, 4.69) is 39.9 Å². The fraction of sp³-hybridized carbons (Fsp3) is 0.308. The third-order valence-corrected chi connectivity index (χ3v) is 6.86. The van der Waals surface area contributed by atoms with Crippen LogP contribution in [0.1, 0.15) is 48.1 Å². The summed E-state index contributed by atoms with van der Waals surface area (Å²) in [6.07, 6.45) is 8.97. The Morgan fingerprint density at radius 2 is 1.88 bits per heavy atom. The Labute approximate surface area is 203 Å². The summed E-state index contributed by atoms with van der Waals surface area (Å²) in [4.78, 5) is 19.7. The van der Waals surface area contributed by atoms with Gasteiger partial charge in [0, 0.05) is 36.3 Å². The number of fused-ring (bicyclic) bond motifs is 1. The average molecular weight is 476 g/mol. The van der Waals surface area contributed by atoms with Crippen LogP contribution in [0.3, 0.4) is 0 Å². The minimum absolute atomic E-state index is 0.116. The van der Waals surface area contributed by atoms with Crippen LogP contribution in [-0.4, -0.2) is 27.0 Å². The van der Waals surface area contributed by atoms with E-state index >= 15 is 0 Å². The van der Waals surface area contributed by atoms with Crippen LogP contribution in [0.5, 0.6) is 0 Å². The Bertz CT molecular complexity index is 1230. The third-order valence-electron chi connectivity index (χ3n) is 6.58. The second kappa shape index (κ2) is 9.91. The van der Waals surface area contributed by atoms with Crippen LogP contribution < -0.4 is 10.6 Å². The predicted molar refractivity (Wildman–Crippen MR) is 134 cm³/mol. The van der Waals surface area contributed by atoms with Gasteiger partial charge >= 0.3 is 0 Å². The molecule has 2 aromatic carbocycles. The highest BCUT2D eigenvalue weighted by molar-refractivity contribution is 6.32. The lowest BCUT2D eigenvalue weighted by Gasteiger charge is -2.30. The molecule has 8 heteroatoms. The highest BCUT2D eigenvalue weighted by Gasteiger charge is 2.24. The number of nitro groups is 1. The van der Waals surface area contributed by atoms with E-state index in [0.717, 1.165) is 48.9 Å². The van der Waals surface area contributed by atoms with Crippen molar-refractivity contribution in [1.29, 1.82) is 0 Å². The Hall–Kier alpha value is -3.29. The highest BCUT2D eigenvalue weighted by atomic mass is 35.5. The van der Waals surface area contributed by atoms with Gasteiger partial charge in [-0.1, -0.05) is 54.1 Å². The molecule has 1 saturated carbocycles. The van der Waals surface area contributed by atoms with Crippen molar-refractivity contribution >= 4 is 28.8 Å². The first-order valence-corrected chi connectivity index (χ1v) is 12.0. The Kier molecular flexibility index (Phi) is 6.56. The first kappa shape index (κ1) is 22.5. The Balaban J connectivity index is 1.22. The van der Waals surface area contributed by atoms with Crippen molar-refractivity contribution in [3.63, 3.8) is 0 Å². The third kappa shape index (κ3) is 4.95. The number of allylic oxidation sites excluding steroid dienone is 1. The molecule has 5 rings (SSSR count). The molecule has 1 fully saturated rings. The summed E-state index contributed by atoms with van der Waals surface area (Å²) in [5.74, 6) is 0.603. The number of nitrogens with zero attached hydrogens (tertiary/aromatic N) is 3. The maximum Gasteiger partial charge on any atom is 0.269 e. The van der Waals surface area contributed by atoms with Gasteiger partial charge in [-0.15, -0.1) is 0 Å². The largest absolute Gasteiger partial charge is 0.351 e. The van der Waals surface area contributed by atoms with Crippen LogP contribution >= 0.6 is 11.6 Å². The van der Waals surface area contributed by atoms with Gasteiger partial charge in [0.25, 0.3) is 5.69 Å². The van der Waals surface area contributed by atoms with Gasteiger partial charge < -0.3 is 10.6 Å². The normalized spacial score (nSPS) is 19.4. The van der Waals surface area contributed by atoms with Crippen LogP contribution in [0.25, 0.3) is 5.57 Å². The van der Waals surface area contributed by atoms with Crippen molar-refractivity contribution in [3.8, 4) is 0 Å². The minimum Gasteiger partial charge on any atom is -0.351 e. The zero-order chi connectivity index (χ0) is 23.5. The van der Waals surface area contributed by atoms with Crippen LogP contribution in [0, 0.1) is 10.1 Å². The molecule has 0 spiro atoms. The second-order valence-electron chi connectivity index (χ2n) is 8.88. The lowest BCUT2D eigenvalue weighted by Crippen LogP contribution is -2.38. The van der Waals surface area contributed by atoms with Crippen molar-refractivity contribution in [2.24, 2.45) is 0 Å². The number of rotatable bonds is 7. The maximum atomic E-state index is 10.8. The Morgan fingerprint density at radius 1 is 1.09 bits per heavy atom. The van der Waals surface area contributed by atoms with Crippen molar-refractivity contribution in [2.75, 3.05) is 5.32 Å². The van der Waals surface area contributed by atoms with Gasteiger partial charge in [-0.25, -0.2) is 9.97 Å². The summed E-state index contributed by atoms with van der Waals surface area (Å²) < 4.78 is 0. The van der Waals surface area contributed by atoms with Crippen LogP contribution in [0.2, 0.25) is 5.02 Å². The molecule has 0 amide bonds. The molecule has 0 bridgehead atoms. The zero-order valence-corrected chi connectivity index (χ0v) is 19.5. The van der Waals surface area contributed by atoms with Crippen molar-refractivity contribution in [3.05, 3.63) is 98.3 Å². The highest BCUT2D eigenvalue weighted by Crippen LogP contribution is 2.35. The summed E-state index contributed by atoms with van der Waals surface area (Å²) in [5.41, 5.74) is 5.46. The van der Waals surface area contributed by atoms with Crippen molar-refractivity contribution < 1.29 is 4.92 Å². The number of hydrogen-bond donors (Lipinski definition) is 2. The number of nitrogens with one attached hydrogen (secondary N) is 2. The number of anilines is 1. The minimum atomic E-state index is -0.374. The smallest absolute Gasteiger partial charge is 0.269 e. The molecule has 1 aromatic heterocycles. The van der Waals surface area contributed by atoms with Crippen LogP contribution in [0.4, 0.5) is 11.6 Å². The fourth-order valence-corrected chi connectivity index (χ4v) is 5.01. The molecule has 0 unspecified atom stereocenters. The molecule has 7 nitrogen and oxygen atoms in total. The molecule has 34 heavy (non-hydrogen) atoms. The van der Waals surface area contributed by atoms with Gasteiger partial charge in [0.2, 0.25) is 5.95 Å². The molecule has 174 valence electrons. The number of nitro benzene ring substituents is 1. The van der Waals surface area contributed by atoms with E-state index in [1.165, 1.54) is 11.1 Å². The van der Waals surface area contributed by atoms with E-state index in [0.29, 0.717) is 23.6 Å². The molecule has 0 saturated heterocycles. The van der Waals surface area contributed by atoms with E-state index in [4.69, 9.17) is 16.6 Å². The van der Waals surface area contributed by atoms with Gasteiger partial charge in [0.05, 0.1) is 21.8 Å².